The van der Waals surface area contributed by atoms with Crippen molar-refractivity contribution in [1.82, 2.24) is 14.5 Å². The number of rotatable bonds is 9. The molecular weight excluding hydrogens is 566 g/mol. The van der Waals surface area contributed by atoms with Gasteiger partial charge in [0.2, 0.25) is 0 Å². The van der Waals surface area contributed by atoms with Gasteiger partial charge in [-0.1, -0.05) is 18.2 Å². The minimum absolute atomic E-state index is 0.0185. The minimum Gasteiger partial charge on any atom is -0.478 e. The molecule has 1 fully saturated rings. The number of benzene rings is 3. The first-order valence-corrected chi connectivity index (χ1v) is 13.5. The minimum atomic E-state index is -1.27. The lowest BCUT2D eigenvalue weighted by Crippen LogP contribution is -2.31. The van der Waals surface area contributed by atoms with Crippen molar-refractivity contribution in [3.63, 3.8) is 0 Å². The second-order valence-electron chi connectivity index (χ2n) is 10.4. The van der Waals surface area contributed by atoms with Crippen LogP contribution < -0.4 is 4.74 Å². The second-order valence-corrected chi connectivity index (χ2v) is 10.4. The smallest absolute Gasteiger partial charge is 0.335 e. The number of nitrogens with zero attached hydrogens (tertiary/aromatic N) is 3. The fraction of sp³-hybridized carbons (Fsp3) is 0.219. The molecule has 0 bridgehead atoms. The molecule has 3 aromatic carbocycles. The molecule has 0 radical (unpaired) electrons. The van der Waals surface area contributed by atoms with Crippen molar-refractivity contribution in [2.45, 2.75) is 39.0 Å². The number of hydrogen-bond acceptors (Lipinski definition) is 5. The average molecular weight is 592 g/mol. The first kappa shape index (κ1) is 28.4. The van der Waals surface area contributed by atoms with Crippen LogP contribution in [0.1, 0.15) is 39.3 Å². The van der Waals surface area contributed by atoms with Gasteiger partial charge in [0.05, 0.1) is 29.4 Å². The van der Waals surface area contributed by atoms with E-state index in [1.165, 1.54) is 36.4 Å². The number of aryl methyl sites for hydroxylation is 1. The Morgan fingerprint density at radius 2 is 1.79 bits per heavy atom. The summed E-state index contributed by atoms with van der Waals surface area (Å²) in [5, 5.41) is 9.41. The Hall–Kier alpha value is -4.77. The molecule has 1 aliphatic rings. The maximum absolute atomic E-state index is 15.4. The maximum atomic E-state index is 15.4. The fourth-order valence-corrected chi connectivity index (χ4v) is 4.97. The summed E-state index contributed by atoms with van der Waals surface area (Å²) in [4.78, 5) is 20.1. The molecule has 6 rings (SSSR count). The molecule has 43 heavy (non-hydrogen) atoms. The van der Waals surface area contributed by atoms with E-state index in [-0.39, 0.29) is 47.0 Å². The fourth-order valence-electron chi connectivity index (χ4n) is 4.97. The first-order chi connectivity index (χ1) is 20.7. The van der Waals surface area contributed by atoms with Crippen molar-refractivity contribution >= 4 is 17.0 Å². The van der Waals surface area contributed by atoms with Gasteiger partial charge in [0.25, 0.3) is 5.88 Å². The van der Waals surface area contributed by atoms with E-state index in [0.717, 1.165) is 24.1 Å². The van der Waals surface area contributed by atoms with Gasteiger partial charge in [0, 0.05) is 24.2 Å². The zero-order chi connectivity index (χ0) is 30.2. The molecule has 1 N–H and O–H groups in total. The monoisotopic (exact) mass is 591 g/mol. The van der Waals surface area contributed by atoms with Gasteiger partial charge in [0.15, 0.2) is 11.6 Å². The van der Waals surface area contributed by atoms with Crippen molar-refractivity contribution in [2.75, 3.05) is 6.61 Å². The lowest BCUT2D eigenvalue weighted by Gasteiger charge is -2.27. The summed E-state index contributed by atoms with van der Waals surface area (Å²) in [6, 6.07) is 13.7. The van der Waals surface area contributed by atoms with Crippen LogP contribution in [-0.4, -0.2) is 38.3 Å². The number of halogens is 4. The van der Waals surface area contributed by atoms with E-state index in [0.29, 0.717) is 30.1 Å². The molecule has 5 aromatic rings. The molecule has 220 valence electrons. The number of hydrogen-bond donors (Lipinski definition) is 1. The highest BCUT2D eigenvalue weighted by Gasteiger charge is 2.24. The van der Waals surface area contributed by atoms with Gasteiger partial charge in [0.1, 0.15) is 29.6 Å². The molecule has 2 aromatic heterocycles. The largest absolute Gasteiger partial charge is 0.478 e. The van der Waals surface area contributed by atoms with Gasteiger partial charge in [-0.2, -0.15) is 0 Å². The van der Waals surface area contributed by atoms with Crippen molar-refractivity contribution in [3.8, 4) is 17.1 Å². The summed E-state index contributed by atoms with van der Waals surface area (Å²) in [6.45, 7) is 2.42. The standard InChI is InChI=1S/C32H25F4N3O4/c1-17-2-4-19(24(34)10-17)16-43-31-23(33)6-7-27(37-31)22-5-3-18(11-25(22)35)12-29-38-30-26(36)13-20(32(40)41)14-28(30)39(29)15-21-8-9-42-21/h2-7,10-11,13-14,21H,8-9,12,15-16H2,1H3,(H,40,41)/t21-/m0/s1. The van der Waals surface area contributed by atoms with Crippen LogP contribution in [0.5, 0.6) is 5.88 Å². The highest BCUT2D eigenvalue weighted by molar-refractivity contribution is 5.92. The van der Waals surface area contributed by atoms with E-state index in [2.05, 4.69) is 9.97 Å². The van der Waals surface area contributed by atoms with Crippen molar-refractivity contribution in [1.29, 1.82) is 0 Å². The SMILES string of the molecule is Cc1ccc(COc2nc(-c3ccc(Cc4nc5c(F)cc(C(=O)O)cc5n4C[C@@H]4CCO4)cc3F)ccc2F)c(F)c1. The topological polar surface area (TPSA) is 86.5 Å². The first-order valence-electron chi connectivity index (χ1n) is 13.5. The Labute approximate surface area is 243 Å². The molecule has 0 aliphatic carbocycles. The highest BCUT2D eigenvalue weighted by Crippen LogP contribution is 2.29. The van der Waals surface area contributed by atoms with Crippen LogP contribution in [-0.2, 0) is 24.3 Å². The molecule has 0 amide bonds. The third-order valence-electron chi connectivity index (χ3n) is 7.37. The molecule has 3 heterocycles. The number of carboxylic acid groups (broad SMARTS) is 1. The van der Waals surface area contributed by atoms with E-state index in [1.54, 1.807) is 23.6 Å². The Morgan fingerprint density at radius 3 is 2.49 bits per heavy atom. The van der Waals surface area contributed by atoms with Gasteiger partial charge in [-0.05, 0) is 66.9 Å². The van der Waals surface area contributed by atoms with Crippen LogP contribution in [0.15, 0.2) is 60.7 Å². The van der Waals surface area contributed by atoms with Gasteiger partial charge in [-0.15, -0.1) is 0 Å². The third-order valence-corrected chi connectivity index (χ3v) is 7.37. The van der Waals surface area contributed by atoms with Crippen molar-refractivity contribution < 1.29 is 36.9 Å². The number of imidazole rings is 1. The van der Waals surface area contributed by atoms with Gasteiger partial charge < -0.3 is 19.1 Å². The summed E-state index contributed by atoms with van der Waals surface area (Å²) >= 11 is 0. The van der Waals surface area contributed by atoms with E-state index < -0.39 is 35.1 Å². The van der Waals surface area contributed by atoms with E-state index >= 15 is 4.39 Å². The Kier molecular flexibility index (Phi) is 7.57. The van der Waals surface area contributed by atoms with E-state index in [4.69, 9.17) is 9.47 Å². The van der Waals surface area contributed by atoms with Crippen LogP contribution in [0, 0.1) is 30.2 Å². The zero-order valence-corrected chi connectivity index (χ0v) is 22.9. The molecule has 11 heteroatoms. The van der Waals surface area contributed by atoms with Crippen LogP contribution >= 0.6 is 0 Å². The Morgan fingerprint density at radius 1 is 0.977 bits per heavy atom. The predicted octanol–water partition coefficient (Wildman–Crippen LogP) is 6.62. The molecule has 0 saturated carbocycles. The Bertz CT molecular complexity index is 1870. The van der Waals surface area contributed by atoms with E-state index in [9.17, 15) is 23.1 Å². The van der Waals surface area contributed by atoms with Crippen LogP contribution in [0.25, 0.3) is 22.3 Å². The molecule has 1 aliphatic heterocycles. The Balaban J connectivity index is 1.27. The number of carbonyl (C=O) groups is 1. The van der Waals surface area contributed by atoms with Crippen LogP contribution in [0.4, 0.5) is 17.6 Å². The number of carboxylic acids is 1. The van der Waals surface area contributed by atoms with E-state index in [1.807, 2.05) is 0 Å². The van der Waals surface area contributed by atoms with Gasteiger partial charge >= 0.3 is 5.97 Å². The molecule has 1 saturated heterocycles. The molecule has 7 nitrogen and oxygen atoms in total. The van der Waals surface area contributed by atoms with Crippen molar-refractivity contribution in [2.24, 2.45) is 0 Å². The summed E-state index contributed by atoms with van der Waals surface area (Å²) in [5.74, 6) is -3.92. The second kappa shape index (κ2) is 11.5. The van der Waals surface area contributed by atoms with Crippen LogP contribution in [0.3, 0.4) is 0 Å². The lowest BCUT2D eigenvalue weighted by molar-refractivity contribution is -0.0589. The summed E-state index contributed by atoms with van der Waals surface area (Å²) in [6.07, 6.45) is 0.781. The third kappa shape index (κ3) is 5.80. The van der Waals surface area contributed by atoms with Gasteiger partial charge in [-0.3, -0.25) is 0 Å². The predicted molar refractivity (Wildman–Crippen MR) is 149 cm³/mol. The zero-order valence-electron chi connectivity index (χ0n) is 22.9. The number of fused-ring (bicyclic) bond motifs is 1. The average Bonchev–Trinajstić information content (AvgIpc) is 3.28. The quantitative estimate of drug-likeness (QED) is 0.194. The number of aromatic carboxylic acids is 1. The highest BCUT2D eigenvalue weighted by atomic mass is 19.1. The number of ether oxygens (including phenoxy) is 2. The summed E-state index contributed by atoms with van der Waals surface area (Å²) < 4.78 is 71.6. The molecule has 0 unspecified atom stereocenters. The van der Waals surface area contributed by atoms with Crippen molar-refractivity contribution in [3.05, 3.63) is 112 Å². The lowest BCUT2D eigenvalue weighted by atomic mass is 10.0. The number of pyridine rings is 1. The normalized spacial score (nSPS) is 14.6. The maximum Gasteiger partial charge on any atom is 0.335 e. The molecule has 0 spiro atoms. The van der Waals surface area contributed by atoms with Crippen LogP contribution in [0.2, 0.25) is 0 Å². The van der Waals surface area contributed by atoms with Gasteiger partial charge in [-0.25, -0.2) is 32.3 Å². The number of aromatic nitrogens is 3. The molecule has 1 atom stereocenters. The summed E-state index contributed by atoms with van der Waals surface area (Å²) in [7, 11) is 0. The summed E-state index contributed by atoms with van der Waals surface area (Å²) in [5.41, 5.74) is 1.79. The molecular formula is C32H25F4N3O4.